The largest absolute Gasteiger partial charge is 3.00 e. The number of rotatable bonds is 30. The zero-order valence-electron chi connectivity index (χ0n) is 39.9. The van der Waals surface area contributed by atoms with Crippen molar-refractivity contribution in [1.82, 2.24) is 14.7 Å². The average molecular weight is 1110 g/mol. The van der Waals surface area contributed by atoms with E-state index in [1.807, 2.05) is 31.3 Å². The number of nitrogens with one attached hydrogen (secondary N) is 1. The zero-order valence-corrected chi connectivity index (χ0v) is 42.2. The number of amides is 1. The molecular formula is C50H65GdN7O12+5. The van der Waals surface area contributed by atoms with Crippen LogP contribution in [0.5, 0.6) is 5.75 Å². The van der Waals surface area contributed by atoms with Crippen molar-refractivity contribution in [3.8, 4) is 5.75 Å². The van der Waals surface area contributed by atoms with Crippen LogP contribution < -0.4 is 19.5 Å². The number of ether oxygens (including phenoxy) is 1. The standard InChI is InChI=1S/C50H63N7O12.Gd/c1-52-41-14-8-9-15-43(41)69-45(52)31-37-21-23-55(40-13-7-6-12-39(37)40)22-11-29-57(2,3)28-10-4-5-16-44(58)51-38-19-17-36(18-20-38)30-42(50(67)68)56(35-49(65)66)27-26-53(32-46(59)60)24-25-54(33-47(61)62)34-48(63)64;/h6-9,12-15,17-21,23,31,42H,4-5,10-11,16,22,24-30,32-35H2,1-3H3,(H4-2,51,58,59,60,61,62,63,64,65,66,67,68);/q;+3/p+2. The van der Waals surface area contributed by atoms with Gasteiger partial charge < -0.3 is 45.0 Å². The molecule has 1 aromatic heterocycles. The predicted octanol–water partition coefficient (Wildman–Crippen LogP) is 3.86. The van der Waals surface area contributed by atoms with Crippen LogP contribution in [0.2, 0.25) is 0 Å². The van der Waals surface area contributed by atoms with Gasteiger partial charge in [0, 0.05) is 63.5 Å². The molecule has 1 amide bonds. The summed E-state index contributed by atoms with van der Waals surface area (Å²) in [5, 5.41) is 51.6. The molecule has 1 radical (unpaired) electrons. The van der Waals surface area contributed by atoms with E-state index < -0.39 is 62.1 Å². The van der Waals surface area contributed by atoms with Gasteiger partial charge in [0.05, 0.1) is 70.9 Å². The summed E-state index contributed by atoms with van der Waals surface area (Å²) in [6.45, 7) is -0.000645. The number of carboxylic acids is 5. The molecule has 1 unspecified atom stereocenters. The number of pyridine rings is 1. The Bertz CT molecular complexity index is 2450. The van der Waals surface area contributed by atoms with Crippen molar-refractivity contribution in [1.29, 1.82) is 0 Å². The Morgan fingerprint density at radius 1 is 0.714 bits per heavy atom. The fraction of sp³-hybridized carbons (Fsp3) is 0.420. The van der Waals surface area contributed by atoms with Crippen molar-refractivity contribution in [3.05, 3.63) is 102 Å². The Morgan fingerprint density at radius 2 is 1.31 bits per heavy atom. The summed E-state index contributed by atoms with van der Waals surface area (Å²) in [4.78, 5) is 76.9. The molecule has 0 bridgehead atoms. The summed E-state index contributed by atoms with van der Waals surface area (Å²) < 4.78 is 9.32. The second-order valence-corrected chi connectivity index (χ2v) is 18.0. The fourth-order valence-corrected chi connectivity index (χ4v) is 8.47. The fourth-order valence-electron chi connectivity index (χ4n) is 8.47. The number of aryl methyl sites for hydroxylation is 1. The Balaban J connectivity index is 0.0000107. The van der Waals surface area contributed by atoms with Crippen molar-refractivity contribution in [3.63, 3.8) is 0 Å². The molecule has 3 aromatic carbocycles. The first kappa shape index (κ1) is 57.0. The van der Waals surface area contributed by atoms with Gasteiger partial charge in [-0.15, -0.1) is 0 Å². The molecule has 70 heavy (non-hydrogen) atoms. The molecule has 1 aliphatic heterocycles. The molecule has 6 N–H and O–H groups in total. The molecule has 375 valence electrons. The number of hydrogen-bond donors (Lipinski definition) is 6. The maximum Gasteiger partial charge on any atom is 3.00 e. The number of quaternary nitrogens is 1. The minimum Gasteiger partial charge on any atom is -0.480 e. The number of fused-ring (bicyclic) bond motifs is 2. The third-order valence-electron chi connectivity index (χ3n) is 12.1. The van der Waals surface area contributed by atoms with Crippen LogP contribution in [0.3, 0.4) is 0 Å². The Morgan fingerprint density at radius 3 is 1.97 bits per heavy atom. The molecule has 0 spiro atoms. The number of unbranched alkanes of at least 4 members (excludes halogenated alkanes) is 2. The van der Waals surface area contributed by atoms with Gasteiger partial charge in [0.25, 0.3) is 0 Å². The van der Waals surface area contributed by atoms with Crippen molar-refractivity contribution >= 4 is 64.1 Å². The average Bonchev–Trinajstić information content (AvgIpc) is 3.60. The van der Waals surface area contributed by atoms with E-state index in [9.17, 15) is 44.1 Å². The molecule has 2 heterocycles. The van der Waals surface area contributed by atoms with Gasteiger partial charge in [0.15, 0.2) is 18.5 Å². The van der Waals surface area contributed by atoms with E-state index in [-0.39, 0.29) is 78.4 Å². The zero-order chi connectivity index (χ0) is 50.1. The van der Waals surface area contributed by atoms with E-state index in [1.54, 1.807) is 24.3 Å². The molecule has 0 saturated heterocycles. The van der Waals surface area contributed by atoms with Crippen LogP contribution in [0, 0.1) is 39.9 Å². The minimum atomic E-state index is -1.31. The molecule has 1 atom stereocenters. The molecule has 1 aliphatic rings. The molecule has 20 heteroatoms. The van der Waals surface area contributed by atoms with Crippen LogP contribution in [0.4, 0.5) is 11.4 Å². The summed E-state index contributed by atoms with van der Waals surface area (Å²) in [6.07, 6.45) is 8.04. The Hall–Kier alpha value is -5.61. The van der Waals surface area contributed by atoms with E-state index in [0.29, 0.717) is 24.1 Å². The molecule has 4 aromatic rings. The van der Waals surface area contributed by atoms with Crippen molar-refractivity contribution in [2.75, 3.05) is 96.8 Å². The number of hydrogen-bond acceptors (Lipinski definition) is 11. The van der Waals surface area contributed by atoms with Gasteiger partial charge >= 0.3 is 69.8 Å². The second kappa shape index (κ2) is 27.7. The molecule has 5 rings (SSSR count). The van der Waals surface area contributed by atoms with E-state index in [4.69, 9.17) is 14.9 Å². The minimum absolute atomic E-state index is 0. The first-order valence-corrected chi connectivity index (χ1v) is 23.0. The predicted molar refractivity (Wildman–Crippen MR) is 258 cm³/mol. The van der Waals surface area contributed by atoms with Crippen molar-refractivity contribution in [2.24, 2.45) is 0 Å². The molecular weight excluding hydrogens is 1050 g/mol. The number of para-hydroxylation sites is 3. The van der Waals surface area contributed by atoms with Crippen LogP contribution in [0.25, 0.3) is 17.0 Å². The van der Waals surface area contributed by atoms with Crippen LogP contribution in [0.15, 0.2) is 90.9 Å². The van der Waals surface area contributed by atoms with Crippen molar-refractivity contribution < 1.29 is 108 Å². The van der Waals surface area contributed by atoms with Gasteiger partial charge in [-0.05, 0) is 67.1 Å². The summed E-state index contributed by atoms with van der Waals surface area (Å²) in [5.41, 5.74) is 4.37. The maximum absolute atomic E-state index is 12.9. The van der Waals surface area contributed by atoms with Gasteiger partial charge in [-0.3, -0.25) is 43.5 Å². The molecule has 0 fully saturated rings. The summed E-state index contributed by atoms with van der Waals surface area (Å²) in [5.74, 6) is -4.89. The van der Waals surface area contributed by atoms with E-state index >= 15 is 0 Å². The van der Waals surface area contributed by atoms with Crippen LogP contribution >= 0.6 is 0 Å². The summed E-state index contributed by atoms with van der Waals surface area (Å²) in [7, 11) is 6.48. The van der Waals surface area contributed by atoms with Crippen molar-refractivity contribution in [2.45, 2.75) is 51.1 Å². The molecule has 0 aliphatic carbocycles. The van der Waals surface area contributed by atoms with E-state index in [2.05, 4.69) is 71.5 Å². The van der Waals surface area contributed by atoms with Gasteiger partial charge in [0.2, 0.25) is 17.3 Å². The van der Waals surface area contributed by atoms with Gasteiger partial charge in [-0.25, -0.2) is 0 Å². The Labute approximate surface area is 439 Å². The Kier molecular flexibility index (Phi) is 22.5. The molecule has 19 nitrogen and oxygen atoms in total. The van der Waals surface area contributed by atoms with Gasteiger partial charge in [-0.1, -0.05) is 36.4 Å². The topological polar surface area (TPSA) is 242 Å². The number of aromatic nitrogens is 1. The first-order valence-electron chi connectivity index (χ1n) is 23.0. The van der Waals surface area contributed by atoms with Crippen LogP contribution in [-0.2, 0) is 41.7 Å². The SMILES string of the molecule is CN1/C(=C/c2cc[n+](CCC[N+](C)(C)CCCCCC(=O)Nc3ccc(CC(C(=O)O)N(CCN(CCN(CC(=O)O)CC(=O)O)CC(=O)O)CC(=O)O)cc3)c3ccccc23)Oc2ccccc21.[Gd+3]. The van der Waals surface area contributed by atoms with Crippen LogP contribution in [0.1, 0.15) is 43.2 Å². The number of carbonyl (C=O) groups excluding carboxylic acids is 1. The number of anilines is 2. The first-order chi connectivity index (χ1) is 32.9. The maximum atomic E-state index is 12.9. The molecule has 0 saturated carbocycles. The van der Waals surface area contributed by atoms with E-state index in [0.717, 1.165) is 82.1 Å². The third kappa shape index (κ3) is 18.3. The van der Waals surface area contributed by atoms with Crippen LogP contribution in [-0.4, -0.2) is 173 Å². The number of nitrogens with zero attached hydrogens (tertiary/aromatic N) is 6. The number of carbonyl (C=O) groups is 6. The smallest absolute Gasteiger partial charge is 0.480 e. The number of carboxylic acid groups (broad SMARTS) is 5. The second-order valence-electron chi connectivity index (χ2n) is 18.0. The monoisotopic (exact) mass is 1110 g/mol. The normalized spacial score (nSPS) is 13.3. The quantitative estimate of drug-likeness (QED) is 0.0247. The summed E-state index contributed by atoms with van der Waals surface area (Å²) in [6, 6.07) is 23.9. The number of benzene rings is 3. The number of aliphatic carboxylic acids is 5. The third-order valence-corrected chi connectivity index (χ3v) is 12.1. The van der Waals surface area contributed by atoms with E-state index in [1.165, 1.54) is 9.80 Å². The van der Waals surface area contributed by atoms with Gasteiger partial charge in [0.1, 0.15) is 6.04 Å². The summed E-state index contributed by atoms with van der Waals surface area (Å²) >= 11 is 0. The van der Waals surface area contributed by atoms with Gasteiger partial charge in [-0.2, -0.15) is 4.57 Å².